The highest BCUT2D eigenvalue weighted by atomic mass is 32.2. The Kier molecular flexibility index (Phi) is 3.55. The molecule has 2 heterocycles. The van der Waals surface area contributed by atoms with Crippen LogP contribution in [0.4, 0.5) is 4.79 Å². The lowest BCUT2D eigenvalue weighted by molar-refractivity contribution is 0.164. The third-order valence-electron chi connectivity index (χ3n) is 3.20. The lowest BCUT2D eigenvalue weighted by atomic mass is 10.2. The van der Waals surface area contributed by atoms with Crippen LogP contribution < -0.4 is 11.1 Å². The molecule has 0 radical (unpaired) electrons. The maximum atomic E-state index is 12.0. The molecule has 2 aliphatic rings. The summed E-state index contributed by atoms with van der Waals surface area (Å²) < 4.78 is 25.4. The molecule has 2 amide bonds. The number of amides is 2. The van der Waals surface area contributed by atoms with Crippen molar-refractivity contribution >= 4 is 16.1 Å². The molecule has 8 heteroatoms. The van der Waals surface area contributed by atoms with Crippen molar-refractivity contribution in [2.24, 2.45) is 5.73 Å². The van der Waals surface area contributed by atoms with E-state index in [-0.39, 0.29) is 17.8 Å². The van der Waals surface area contributed by atoms with E-state index in [0.29, 0.717) is 39.1 Å². The smallest absolute Gasteiger partial charge is 0.317 e. The first-order valence-electron chi connectivity index (χ1n) is 5.77. The van der Waals surface area contributed by atoms with Crippen molar-refractivity contribution in [3.8, 4) is 0 Å². The Bertz CT molecular complexity index is 397. The minimum atomic E-state index is -3.21. The van der Waals surface area contributed by atoms with E-state index >= 15 is 0 Å². The van der Waals surface area contributed by atoms with E-state index in [1.165, 1.54) is 4.31 Å². The Labute approximate surface area is 101 Å². The van der Waals surface area contributed by atoms with Crippen LogP contribution in [0.3, 0.4) is 0 Å². The molecule has 7 nitrogen and oxygen atoms in total. The number of rotatable bonds is 4. The van der Waals surface area contributed by atoms with Gasteiger partial charge in [-0.25, -0.2) is 13.2 Å². The van der Waals surface area contributed by atoms with Crippen molar-refractivity contribution in [3.05, 3.63) is 0 Å². The first-order chi connectivity index (χ1) is 8.04. The summed E-state index contributed by atoms with van der Waals surface area (Å²) in [5.41, 5.74) is 5.32. The van der Waals surface area contributed by atoms with Gasteiger partial charge in [-0.05, 0) is 13.0 Å². The van der Waals surface area contributed by atoms with E-state index in [4.69, 9.17) is 5.73 Å². The summed E-state index contributed by atoms with van der Waals surface area (Å²) in [5, 5.41) is 2.72. The minimum Gasteiger partial charge on any atom is -0.336 e. The molecular formula is C9H18N4O3S. The van der Waals surface area contributed by atoms with Gasteiger partial charge >= 0.3 is 6.03 Å². The summed E-state index contributed by atoms with van der Waals surface area (Å²) in [7, 11) is -3.21. The summed E-state index contributed by atoms with van der Waals surface area (Å²) in [6.45, 7) is 2.16. The Hall–Kier alpha value is -0.860. The molecular weight excluding hydrogens is 244 g/mol. The van der Waals surface area contributed by atoms with Gasteiger partial charge in [-0.15, -0.1) is 0 Å². The summed E-state index contributed by atoms with van der Waals surface area (Å²) in [6.07, 6.45) is 0.477. The quantitative estimate of drug-likeness (QED) is 0.636. The van der Waals surface area contributed by atoms with E-state index in [2.05, 4.69) is 5.32 Å². The van der Waals surface area contributed by atoms with Crippen LogP contribution in [-0.4, -0.2) is 68.2 Å². The molecule has 2 fully saturated rings. The number of nitrogens with two attached hydrogens (primary N) is 1. The van der Waals surface area contributed by atoms with E-state index in [9.17, 15) is 13.2 Å². The van der Waals surface area contributed by atoms with Crippen LogP contribution in [0.15, 0.2) is 0 Å². The number of fused-ring (bicyclic) bond motifs is 1. The fourth-order valence-electron chi connectivity index (χ4n) is 2.22. The van der Waals surface area contributed by atoms with Crippen LogP contribution in [0.5, 0.6) is 0 Å². The van der Waals surface area contributed by atoms with Crippen molar-refractivity contribution in [2.45, 2.75) is 12.5 Å². The largest absolute Gasteiger partial charge is 0.336 e. The molecule has 98 valence electrons. The maximum absolute atomic E-state index is 12.0. The zero-order valence-corrected chi connectivity index (χ0v) is 10.4. The maximum Gasteiger partial charge on any atom is 0.317 e. The van der Waals surface area contributed by atoms with Crippen LogP contribution in [-0.2, 0) is 10.0 Å². The number of sulfonamides is 1. The number of carbonyl (C=O) groups is 1. The van der Waals surface area contributed by atoms with Gasteiger partial charge in [0.25, 0.3) is 0 Å². The average Bonchev–Trinajstić information content (AvgIpc) is 2.68. The average molecular weight is 262 g/mol. The summed E-state index contributed by atoms with van der Waals surface area (Å²) >= 11 is 0. The molecule has 0 aliphatic carbocycles. The van der Waals surface area contributed by atoms with Crippen molar-refractivity contribution in [1.82, 2.24) is 14.5 Å². The molecule has 0 aromatic heterocycles. The normalized spacial score (nSPS) is 25.8. The van der Waals surface area contributed by atoms with Gasteiger partial charge in [0.15, 0.2) is 0 Å². The number of nitrogens with zero attached hydrogens (tertiary/aromatic N) is 2. The van der Waals surface area contributed by atoms with E-state index in [0.717, 1.165) is 0 Å². The second-order valence-corrected chi connectivity index (χ2v) is 6.44. The fourth-order valence-corrected chi connectivity index (χ4v) is 3.77. The number of hydrogen-bond donors (Lipinski definition) is 2. The molecule has 1 unspecified atom stereocenters. The standard InChI is InChI=1S/C9H18N4O3S/c10-2-1-5-17(15,16)12-3-4-13-8(7-12)6-11-9(13)14/h8H,1-7,10H2,(H,11,14). The molecule has 17 heavy (non-hydrogen) atoms. The highest BCUT2D eigenvalue weighted by Gasteiger charge is 2.38. The number of urea groups is 1. The Morgan fingerprint density at radius 3 is 2.88 bits per heavy atom. The number of carbonyl (C=O) groups excluding carboxylic acids is 1. The molecule has 0 saturated carbocycles. The molecule has 2 saturated heterocycles. The summed E-state index contributed by atoms with van der Waals surface area (Å²) in [4.78, 5) is 13.1. The first kappa shape index (κ1) is 12.6. The van der Waals surface area contributed by atoms with Crippen LogP contribution in [0.1, 0.15) is 6.42 Å². The van der Waals surface area contributed by atoms with Gasteiger partial charge in [0.1, 0.15) is 0 Å². The van der Waals surface area contributed by atoms with Gasteiger partial charge in [-0.1, -0.05) is 0 Å². The van der Waals surface area contributed by atoms with Gasteiger partial charge in [0.2, 0.25) is 10.0 Å². The van der Waals surface area contributed by atoms with Gasteiger partial charge in [0.05, 0.1) is 11.8 Å². The van der Waals surface area contributed by atoms with E-state index in [1.54, 1.807) is 4.90 Å². The number of piperazine rings is 1. The van der Waals surface area contributed by atoms with Crippen molar-refractivity contribution < 1.29 is 13.2 Å². The van der Waals surface area contributed by atoms with Crippen LogP contribution in [0.25, 0.3) is 0 Å². The summed E-state index contributed by atoms with van der Waals surface area (Å²) in [5.74, 6) is 0.0948. The third kappa shape index (κ3) is 2.53. The Morgan fingerprint density at radius 2 is 2.18 bits per heavy atom. The second kappa shape index (κ2) is 4.79. The monoisotopic (exact) mass is 262 g/mol. The van der Waals surface area contributed by atoms with Crippen molar-refractivity contribution in [2.75, 3.05) is 38.5 Å². The predicted molar refractivity (Wildman–Crippen MR) is 62.9 cm³/mol. The van der Waals surface area contributed by atoms with Gasteiger partial charge in [-0.2, -0.15) is 4.31 Å². The van der Waals surface area contributed by atoms with Crippen LogP contribution >= 0.6 is 0 Å². The summed E-state index contributed by atoms with van der Waals surface area (Å²) in [6, 6.07) is -0.113. The van der Waals surface area contributed by atoms with Crippen molar-refractivity contribution in [3.63, 3.8) is 0 Å². The predicted octanol–water partition coefficient (Wildman–Crippen LogP) is -1.63. The molecule has 0 spiro atoms. The third-order valence-corrected chi connectivity index (χ3v) is 5.12. The molecule has 2 rings (SSSR count). The van der Waals surface area contributed by atoms with Gasteiger partial charge in [-0.3, -0.25) is 0 Å². The number of nitrogens with one attached hydrogen (secondary N) is 1. The van der Waals surface area contributed by atoms with Crippen LogP contribution in [0, 0.1) is 0 Å². The van der Waals surface area contributed by atoms with E-state index in [1.807, 2.05) is 0 Å². The van der Waals surface area contributed by atoms with Gasteiger partial charge in [0, 0.05) is 26.2 Å². The fraction of sp³-hybridized carbons (Fsp3) is 0.889. The first-order valence-corrected chi connectivity index (χ1v) is 7.38. The highest BCUT2D eigenvalue weighted by molar-refractivity contribution is 7.89. The Morgan fingerprint density at radius 1 is 1.41 bits per heavy atom. The zero-order valence-electron chi connectivity index (χ0n) is 9.63. The highest BCUT2D eigenvalue weighted by Crippen LogP contribution is 2.17. The molecule has 0 aromatic rings. The van der Waals surface area contributed by atoms with Crippen molar-refractivity contribution in [1.29, 1.82) is 0 Å². The SMILES string of the molecule is NCCCS(=O)(=O)N1CCN2C(=O)NCC2C1. The molecule has 2 aliphatic heterocycles. The molecule has 0 bridgehead atoms. The molecule has 1 atom stereocenters. The van der Waals surface area contributed by atoms with Crippen LogP contribution in [0.2, 0.25) is 0 Å². The Balaban J connectivity index is 1.99. The minimum absolute atomic E-state index is 0.0242. The second-order valence-electron chi connectivity index (χ2n) is 4.35. The van der Waals surface area contributed by atoms with E-state index < -0.39 is 10.0 Å². The topological polar surface area (TPSA) is 95.7 Å². The lowest BCUT2D eigenvalue weighted by Crippen LogP contribution is -2.54. The zero-order chi connectivity index (χ0) is 12.5. The lowest BCUT2D eigenvalue weighted by Gasteiger charge is -2.35. The molecule has 0 aromatic carbocycles. The number of hydrogen-bond acceptors (Lipinski definition) is 4. The van der Waals surface area contributed by atoms with Gasteiger partial charge < -0.3 is 16.0 Å². The molecule has 3 N–H and O–H groups in total.